The van der Waals surface area contributed by atoms with Gasteiger partial charge in [-0.15, -0.1) is 0 Å². The first-order valence-corrected chi connectivity index (χ1v) is 5.89. The highest BCUT2D eigenvalue weighted by molar-refractivity contribution is 5.94. The number of aromatic nitrogens is 1. The van der Waals surface area contributed by atoms with E-state index in [1.165, 1.54) is 7.11 Å². The molecule has 1 aromatic rings. The first-order chi connectivity index (χ1) is 8.76. The molecule has 0 radical (unpaired) electrons. The predicted octanol–water partition coefficient (Wildman–Crippen LogP) is -0.503. The summed E-state index contributed by atoms with van der Waals surface area (Å²) < 4.78 is 5.00. The van der Waals surface area contributed by atoms with Crippen molar-refractivity contribution in [2.24, 2.45) is 0 Å². The third-order valence-corrected chi connectivity index (χ3v) is 3.01. The molecule has 2 N–H and O–H groups in total. The van der Waals surface area contributed by atoms with E-state index in [9.17, 15) is 9.90 Å². The van der Waals surface area contributed by atoms with Crippen molar-refractivity contribution >= 4 is 5.91 Å². The molecule has 1 aliphatic heterocycles. The van der Waals surface area contributed by atoms with E-state index in [0.717, 1.165) is 6.54 Å². The molecule has 2 heterocycles. The number of pyridine rings is 1. The van der Waals surface area contributed by atoms with Crippen LogP contribution in [-0.4, -0.2) is 60.3 Å². The Bertz CT molecular complexity index is 425. The maximum Gasteiger partial charge on any atom is 0.254 e. The van der Waals surface area contributed by atoms with Gasteiger partial charge in [0, 0.05) is 37.5 Å². The van der Waals surface area contributed by atoms with E-state index in [4.69, 9.17) is 4.74 Å². The number of methoxy groups -OCH3 is 1. The number of amides is 1. The first kappa shape index (κ1) is 12.8. The van der Waals surface area contributed by atoms with E-state index < -0.39 is 0 Å². The third-order valence-electron chi connectivity index (χ3n) is 3.01. The van der Waals surface area contributed by atoms with Gasteiger partial charge in [0.2, 0.25) is 5.88 Å². The second-order valence-electron chi connectivity index (χ2n) is 4.13. The summed E-state index contributed by atoms with van der Waals surface area (Å²) in [6, 6.07) is 3.09. The number of aliphatic hydroxyl groups excluding tert-OH is 1. The number of carbonyl (C=O) groups excluding carboxylic acids is 1. The van der Waals surface area contributed by atoms with Crippen LogP contribution in [0.3, 0.4) is 0 Å². The SMILES string of the molecule is COc1cc(C(=O)N2CCNC[C@H]2CO)ccn1. The fourth-order valence-corrected chi connectivity index (χ4v) is 2.01. The Morgan fingerprint density at radius 3 is 3.28 bits per heavy atom. The van der Waals surface area contributed by atoms with Gasteiger partial charge < -0.3 is 20.1 Å². The lowest BCUT2D eigenvalue weighted by molar-refractivity contribution is 0.0536. The monoisotopic (exact) mass is 251 g/mol. The van der Waals surface area contributed by atoms with Crippen molar-refractivity contribution < 1.29 is 14.6 Å². The lowest BCUT2D eigenvalue weighted by Crippen LogP contribution is -2.55. The normalized spacial score (nSPS) is 19.7. The molecule has 98 valence electrons. The van der Waals surface area contributed by atoms with Gasteiger partial charge in [0.25, 0.3) is 5.91 Å². The van der Waals surface area contributed by atoms with Gasteiger partial charge >= 0.3 is 0 Å². The van der Waals surface area contributed by atoms with E-state index in [0.29, 0.717) is 24.5 Å². The molecule has 0 aromatic carbocycles. The molecule has 1 amide bonds. The van der Waals surface area contributed by atoms with Crippen LogP contribution in [0.4, 0.5) is 0 Å². The van der Waals surface area contributed by atoms with Gasteiger partial charge in [-0.1, -0.05) is 0 Å². The van der Waals surface area contributed by atoms with Gasteiger partial charge in [0.15, 0.2) is 0 Å². The zero-order chi connectivity index (χ0) is 13.0. The van der Waals surface area contributed by atoms with Crippen molar-refractivity contribution in [3.05, 3.63) is 23.9 Å². The highest BCUT2D eigenvalue weighted by atomic mass is 16.5. The van der Waals surface area contributed by atoms with Crippen molar-refractivity contribution in [1.82, 2.24) is 15.2 Å². The molecular formula is C12H17N3O3. The largest absolute Gasteiger partial charge is 0.481 e. The molecule has 1 fully saturated rings. The minimum Gasteiger partial charge on any atom is -0.481 e. The highest BCUT2D eigenvalue weighted by Crippen LogP contribution is 2.14. The molecule has 1 atom stereocenters. The van der Waals surface area contributed by atoms with Crippen molar-refractivity contribution in [2.75, 3.05) is 33.4 Å². The second kappa shape index (κ2) is 5.79. The van der Waals surface area contributed by atoms with Gasteiger partial charge in [0.1, 0.15) is 0 Å². The summed E-state index contributed by atoms with van der Waals surface area (Å²) >= 11 is 0. The quantitative estimate of drug-likeness (QED) is 0.757. The van der Waals surface area contributed by atoms with Crippen LogP contribution in [0.15, 0.2) is 18.3 Å². The second-order valence-corrected chi connectivity index (χ2v) is 4.13. The van der Waals surface area contributed by atoms with Crippen molar-refractivity contribution in [1.29, 1.82) is 0 Å². The third kappa shape index (κ3) is 2.60. The number of rotatable bonds is 3. The van der Waals surface area contributed by atoms with Crippen LogP contribution in [0.1, 0.15) is 10.4 Å². The van der Waals surface area contributed by atoms with Crippen LogP contribution < -0.4 is 10.1 Å². The molecule has 18 heavy (non-hydrogen) atoms. The predicted molar refractivity (Wildman–Crippen MR) is 65.6 cm³/mol. The molecule has 0 unspecified atom stereocenters. The van der Waals surface area contributed by atoms with E-state index >= 15 is 0 Å². The Kier molecular flexibility index (Phi) is 4.11. The maximum absolute atomic E-state index is 12.3. The summed E-state index contributed by atoms with van der Waals surface area (Å²) in [5.41, 5.74) is 0.530. The van der Waals surface area contributed by atoms with Crippen molar-refractivity contribution in [2.45, 2.75) is 6.04 Å². The summed E-state index contributed by atoms with van der Waals surface area (Å²) in [5.74, 6) is 0.313. The summed E-state index contributed by atoms with van der Waals surface area (Å²) in [7, 11) is 1.51. The number of nitrogens with one attached hydrogen (secondary N) is 1. The molecular weight excluding hydrogens is 234 g/mol. The van der Waals surface area contributed by atoms with Crippen LogP contribution in [0.5, 0.6) is 5.88 Å². The smallest absolute Gasteiger partial charge is 0.254 e. The summed E-state index contributed by atoms with van der Waals surface area (Å²) in [6.45, 7) is 1.91. The Hall–Kier alpha value is -1.66. The number of piperazine rings is 1. The Morgan fingerprint density at radius 2 is 2.56 bits per heavy atom. The Labute approximate surface area is 106 Å². The molecule has 1 aliphatic rings. The van der Waals surface area contributed by atoms with Crippen LogP contribution in [0.2, 0.25) is 0 Å². The number of aliphatic hydroxyl groups is 1. The van der Waals surface area contributed by atoms with Crippen molar-refractivity contribution in [3.8, 4) is 5.88 Å². The van der Waals surface area contributed by atoms with E-state index in [1.807, 2.05) is 0 Å². The average molecular weight is 251 g/mol. The first-order valence-electron chi connectivity index (χ1n) is 5.89. The lowest BCUT2D eigenvalue weighted by atomic mass is 10.1. The van der Waals surface area contributed by atoms with Crippen LogP contribution in [0.25, 0.3) is 0 Å². The number of carbonyl (C=O) groups is 1. The van der Waals surface area contributed by atoms with E-state index in [1.54, 1.807) is 23.2 Å². The summed E-state index contributed by atoms with van der Waals surface area (Å²) in [5, 5.41) is 12.4. The van der Waals surface area contributed by atoms with Crippen LogP contribution in [-0.2, 0) is 0 Å². The highest BCUT2D eigenvalue weighted by Gasteiger charge is 2.26. The Balaban J connectivity index is 2.18. The number of hydrogen-bond donors (Lipinski definition) is 2. The molecule has 1 saturated heterocycles. The minimum atomic E-state index is -0.176. The molecule has 2 rings (SSSR count). The van der Waals surface area contributed by atoms with Gasteiger partial charge in [-0.3, -0.25) is 4.79 Å². The van der Waals surface area contributed by atoms with E-state index in [-0.39, 0.29) is 18.6 Å². The molecule has 6 nitrogen and oxygen atoms in total. The average Bonchev–Trinajstić information content (AvgIpc) is 2.46. The number of nitrogens with zero attached hydrogens (tertiary/aromatic N) is 2. The number of ether oxygens (including phenoxy) is 1. The van der Waals surface area contributed by atoms with Crippen LogP contribution in [0, 0.1) is 0 Å². The standard InChI is InChI=1S/C12H17N3O3/c1-18-11-6-9(2-3-14-11)12(17)15-5-4-13-7-10(15)8-16/h2-3,6,10,13,16H,4-5,7-8H2,1H3/t10-/m0/s1. The fourth-order valence-electron chi connectivity index (χ4n) is 2.01. The minimum absolute atomic E-state index is 0.0407. The molecule has 0 saturated carbocycles. The van der Waals surface area contributed by atoms with Crippen molar-refractivity contribution in [3.63, 3.8) is 0 Å². The molecule has 0 bridgehead atoms. The molecule has 1 aromatic heterocycles. The molecule has 6 heteroatoms. The zero-order valence-corrected chi connectivity index (χ0v) is 10.3. The molecule has 0 aliphatic carbocycles. The topological polar surface area (TPSA) is 74.7 Å². The Morgan fingerprint density at radius 1 is 1.72 bits per heavy atom. The zero-order valence-electron chi connectivity index (χ0n) is 10.3. The van der Waals surface area contributed by atoms with Gasteiger partial charge in [-0.05, 0) is 6.07 Å². The molecule has 0 spiro atoms. The van der Waals surface area contributed by atoms with Gasteiger partial charge in [0.05, 0.1) is 19.8 Å². The van der Waals surface area contributed by atoms with Gasteiger partial charge in [-0.2, -0.15) is 0 Å². The van der Waals surface area contributed by atoms with Gasteiger partial charge in [-0.25, -0.2) is 4.98 Å². The summed E-state index contributed by atoms with van der Waals surface area (Å²) in [6.07, 6.45) is 1.54. The van der Waals surface area contributed by atoms with Crippen LogP contribution >= 0.6 is 0 Å². The summed E-state index contributed by atoms with van der Waals surface area (Å²) in [4.78, 5) is 18.0. The lowest BCUT2D eigenvalue weighted by Gasteiger charge is -2.35. The number of hydrogen-bond acceptors (Lipinski definition) is 5. The van der Waals surface area contributed by atoms with E-state index in [2.05, 4.69) is 10.3 Å². The fraction of sp³-hybridized carbons (Fsp3) is 0.500. The maximum atomic E-state index is 12.3.